The maximum Gasteiger partial charge on any atom is 0.223 e. The third kappa shape index (κ3) is 4.00. The molecule has 1 aliphatic rings. The van der Waals surface area contributed by atoms with Crippen molar-refractivity contribution in [3.05, 3.63) is 78.6 Å². The van der Waals surface area contributed by atoms with Gasteiger partial charge < -0.3 is 14.2 Å². The van der Waals surface area contributed by atoms with Gasteiger partial charge in [-0.15, -0.1) is 0 Å². The van der Waals surface area contributed by atoms with E-state index in [0.29, 0.717) is 19.5 Å². The van der Waals surface area contributed by atoms with E-state index >= 15 is 0 Å². The normalized spacial score (nSPS) is 15.6. The zero-order valence-electron chi connectivity index (χ0n) is 15.1. The molecule has 0 aliphatic carbocycles. The lowest BCUT2D eigenvalue weighted by atomic mass is 9.92. The molecule has 0 spiro atoms. The van der Waals surface area contributed by atoms with Gasteiger partial charge in [0.05, 0.1) is 18.4 Å². The van der Waals surface area contributed by atoms with Crippen LogP contribution >= 0.6 is 0 Å². The Labute approximate surface area is 158 Å². The predicted molar refractivity (Wildman–Crippen MR) is 102 cm³/mol. The number of hydrogen-bond donors (Lipinski definition) is 0. The Morgan fingerprint density at radius 2 is 1.85 bits per heavy atom. The van der Waals surface area contributed by atoms with Crippen molar-refractivity contribution in [3.63, 3.8) is 0 Å². The quantitative estimate of drug-likeness (QED) is 0.698. The van der Waals surface area contributed by atoms with E-state index in [2.05, 4.69) is 14.9 Å². The van der Waals surface area contributed by atoms with Crippen LogP contribution in [-0.4, -0.2) is 47.0 Å². The summed E-state index contributed by atoms with van der Waals surface area (Å²) < 4.78 is 5.62. The number of anilines is 1. The number of piperazine rings is 1. The van der Waals surface area contributed by atoms with Crippen LogP contribution in [0.2, 0.25) is 0 Å². The molecule has 1 fully saturated rings. The molecule has 2 aromatic heterocycles. The Morgan fingerprint density at radius 3 is 2.52 bits per heavy atom. The Hall–Kier alpha value is -3.15. The molecule has 1 unspecified atom stereocenters. The second-order valence-electron chi connectivity index (χ2n) is 6.61. The first-order chi connectivity index (χ1) is 13.3. The van der Waals surface area contributed by atoms with Crippen LogP contribution in [0.5, 0.6) is 0 Å². The molecule has 4 rings (SSSR count). The van der Waals surface area contributed by atoms with E-state index in [1.54, 1.807) is 24.9 Å². The van der Waals surface area contributed by atoms with Gasteiger partial charge in [-0.05, 0) is 17.7 Å². The lowest BCUT2D eigenvalue weighted by Gasteiger charge is -2.35. The van der Waals surface area contributed by atoms with E-state index in [9.17, 15) is 4.79 Å². The number of benzene rings is 1. The number of carbonyl (C=O) groups is 1. The highest BCUT2D eigenvalue weighted by atomic mass is 16.3. The Morgan fingerprint density at radius 1 is 1.04 bits per heavy atom. The Bertz CT molecular complexity index is 844. The number of nitrogens with zero attached hydrogens (tertiary/aromatic N) is 4. The van der Waals surface area contributed by atoms with Gasteiger partial charge in [-0.25, -0.2) is 4.98 Å². The molecule has 0 bridgehead atoms. The third-order valence-electron chi connectivity index (χ3n) is 4.97. The van der Waals surface area contributed by atoms with E-state index < -0.39 is 0 Å². The number of amides is 1. The number of hydrogen-bond acceptors (Lipinski definition) is 5. The fourth-order valence-corrected chi connectivity index (χ4v) is 3.50. The van der Waals surface area contributed by atoms with Gasteiger partial charge in [0, 0.05) is 45.0 Å². The van der Waals surface area contributed by atoms with Crippen molar-refractivity contribution in [1.82, 2.24) is 14.9 Å². The summed E-state index contributed by atoms with van der Waals surface area (Å²) in [6, 6.07) is 13.9. The number of carbonyl (C=O) groups excluding carboxylic acids is 1. The minimum Gasteiger partial charge on any atom is -0.469 e. The molecule has 6 heteroatoms. The lowest BCUT2D eigenvalue weighted by molar-refractivity contribution is -0.131. The van der Waals surface area contributed by atoms with Crippen molar-refractivity contribution in [2.24, 2.45) is 0 Å². The van der Waals surface area contributed by atoms with Crippen molar-refractivity contribution in [1.29, 1.82) is 0 Å². The van der Waals surface area contributed by atoms with Crippen LogP contribution in [0.4, 0.5) is 5.82 Å². The minimum atomic E-state index is -0.0632. The minimum absolute atomic E-state index is 0.0632. The summed E-state index contributed by atoms with van der Waals surface area (Å²) in [6.45, 7) is 2.91. The highest BCUT2D eigenvalue weighted by Crippen LogP contribution is 2.29. The first-order valence-corrected chi connectivity index (χ1v) is 9.18. The van der Waals surface area contributed by atoms with Crippen LogP contribution in [-0.2, 0) is 4.79 Å². The number of furan rings is 1. The zero-order chi connectivity index (χ0) is 18.5. The summed E-state index contributed by atoms with van der Waals surface area (Å²) in [4.78, 5) is 25.5. The second kappa shape index (κ2) is 8.03. The molecular weight excluding hydrogens is 340 g/mol. The van der Waals surface area contributed by atoms with E-state index in [1.165, 1.54) is 0 Å². The van der Waals surface area contributed by atoms with E-state index in [4.69, 9.17) is 4.42 Å². The summed E-state index contributed by atoms with van der Waals surface area (Å²) in [7, 11) is 0. The van der Waals surface area contributed by atoms with Gasteiger partial charge in [-0.2, -0.15) is 0 Å². The van der Waals surface area contributed by atoms with Crippen molar-refractivity contribution in [2.75, 3.05) is 31.1 Å². The first-order valence-electron chi connectivity index (χ1n) is 9.18. The standard InChI is InChI=1S/C21H22N4O2/c26-21(25-12-10-24(11-13-25)20-16-22-8-9-23-20)15-18(19-7-4-14-27-19)17-5-2-1-3-6-17/h1-9,14,16,18H,10-13,15H2. The van der Waals surface area contributed by atoms with Crippen molar-refractivity contribution in [3.8, 4) is 0 Å². The molecular formula is C21H22N4O2. The van der Waals surface area contributed by atoms with Crippen molar-refractivity contribution < 1.29 is 9.21 Å². The van der Waals surface area contributed by atoms with Crippen LogP contribution in [0.1, 0.15) is 23.7 Å². The molecule has 1 aromatic carbocycles. The van der Waals surface area contributed by atoms with E-state index in [0.717, 1.165) is 30.2 Å². The predicted octanol–water partition coefficient (Wildman–Crippen LogP) is 2.94. The molecule has 3 aromatic rings. The van der Waals surface area contributed by atoms with Crippen molar-refractivity contribution in [2.45, 2.75) is 12.3 Å². The van der Waals surface area contributed by atoms with Crippen LogP contribution in [0.15, 0.2) is 71.7 Å². The molecule has 0 radical (unpaired) electrons. The van der Waals surface area contributed by atoms with Gasteiger partial charge in [-0.1, -0.05) is 30.3 Å². The maximum atomic E-state index is 13.0. The summed E-state index contributed by atoms with van der Waals surface area (Å²) in [5.74, 6) is 1.78. The highest BCUT2D eigenvalue weighted by molar-refractivity contribution is 5.78. The van der Waals surface area contributed by atoms with Crippen LogP contribution < -0.4 is 4.90 Å². The first kappa shape index (κ1) is 17.3. The van der Waals surface area contributed by atoms with Gasteiger partial charge in [0.25, 0.3) is 0 Å². The lowest BCUT2D eigenvalue weighted by Crippen LogP contribution is -2.49. The van der Waals surface area contributed by atoms with Gasteiger partial charge in [-0.3, -0.25) is 9.78 Å². The van der Waals surface area contributed by atoms with E-state index in [-0.39, 0.29) is 11.8 Å². The topological polar surface area (TPSA) is 62.5 Å². The van der Waals surface area contributed by atoms with E-state index in [1.807, 2.05) is 47.4 Å². The molecule has 0 N–H and O–H groups in total. The average molecular weight is 362 g/mol. The van der Waals surface area contributed by atoms with Crippen LogP contribution in [0.25, 0.3) is 0 Å². The molecule has 1 atom stereocenters. The molecule has 3 heterocycles. The maximum absolute atomic E-state index is 13.0. The smallest absolute Gasteiger partial charge is 0.223 e. The SMILES string of the molecule is O=C(CC(c1ccccc1)c1ccco1)N1CCN(c2cnccn2)CC1. The summed E-state index contributed by atoms with van der Waals surface area (Å²) in [5.41, 5.74) is 1.10. The second-order valence-corrected chi connectivity index (χ2v) is 6.61. The van der Waals surface area contributed by atoms with Crippen LogP contribution in [0.3, 0.4) is 0 Å². The molecule has 1 aliphatic heterocycles. The molecule has 1 amide bonds. The summed E-state index contributed by atoms with van der Waals surface area (Å²) in [5, 5.41) is 0. The summed E-state index contributed by atoms with van der Waals surface area (Å²) in [6.07, 6.45) is 7.19. The third-order valence-corrected chi connectivity index (χ3v) is 4.97. The molecule has 138 valence electrons. The molecule has 27 heavy (non-hydrogen) atoms. The Kier molecular flexibility index (Phi) is 5.14. The monoisotopic (exact) mass is 362 g/mol. The highest BCUT2D eigenvalue weighted by Gasteiger charge is 2.26. The number of rotatable bonds is 5. The average Bonchev–Trinajstić information content (AvgIpc) is 3.28. The number of aromatic nitrogens is 2. The molecule has 6 nitrogen and oxygen atoms in total. The van der Waals surface area contributed by atoms with Gasteiger partial charge >= 0.3 is 0 Å². The molecule has 0 saturated carbocycles. The van der Waals surface area contributed by atoms with Crippen molar-refractivity contribution >= 4 is 11.7 Å². The Balaban J connectivity index is 1.42. The van der Waals surface area contributed by atoms with Gasteiger partial charge in [0.1, 0.15) is 11.6 Å². The van der Waals surface area contributed by atoms with Gasteiger partial charge in [0.2, 0.25) is 5.91 Å². The fraction of sp³-hybridized carbons (Fsp3) is 0.286. The zero-order valence-corrected chi connectivity index (χ0v) is 15.1. The molecule has 1 saturated heterocycles. The fourth-order valence-electron chi connectivity index (χ4n) is 3.50. The summed E-state index contributed by atoms with van der Waals surface area (Å²) >= 11 is 0. The van der Waals surface area contributed by atoms with Gasteiger partial charge in [0.15, 0.2) is 0 Å². The largest absolute Gasteiger partial charge is 0.469 e. The van der Waals surface area contributed by atoms with Crippen LogP contribution in [0, 0.1) is 0 Å².